The van der Waals surface area contributed by atoms with E-state index in [9.17, 15) is 4.79 Å². The first-order chi connectivity index (χ1) is 10.7. The van der Waals surface area contributed by atoms with E-state index in [2.05, 4.69) is 15.3 Å². The van der Waals surface area contributed by atoms with E-state index in [4.69, 9.17) is 15.6 Å². The van der Waals surface area contributed by atoms with Crippen LogP contribution < -0.4 is 15.8 Å². The molecule has 7 heteroatoms. The Kier molecular flexibility index (Phi) is 5.93. The lowest BCUT2D eigenvalue weighted by Crippen LogP contribution is -2.41. The van der Waals surface area contributed by atoms with Crippen molar-refractivity contribution in [2.45, 2.75) is 19.0 Å². The SMILES string of the molecule is N[C@@H](Cc1cnc[nH]1)C(=O)NCc1ccc(OCCO)cc1. The number of rotatable bonds is 8. The van der Waals surface area contributed by atoms with Crippen molar-refractivity contribution in [3.05, 3.63) is 48.0 Å². The first-order valence-corrected chi connectivity index (χ1v) is 7.02. The Bertz CT molecular complexity index is 569. The normalized spacial score (nSPS) is 11.9. The number of carbonyl (C=O) groups is 1. The molecule has 0 spiro atoms. The van der Waals surface area contributed by atoms with Crippen molar-refractivity contribution in [1.82, 2.24) is 15.3 Å². The summed E-state index contributed by atoms with van der Waals surface area (Å²) in [5.74, 6) is 0.468. The molecule has 118 valence electrons. The van der Waals surface area contributed by atoms with Gasteiger partial charge in [0.25, 0.3) is 0 Å². The number of nitrogens with two attached hydrogens (primary N) is 1. The molecule has 7 nitrogen and oxygen atoms in total. The molecule has 1 aromatic heterocycles. The van der Waals surface area contributed by atoms with Crippen molar-refractivity contribution in [1.29, 1.82) is 0 Å². The van der Waals surface area contributed by atoms with E-state index in [1.54, 1.807) is 24.7 Å². The van der Waals surface area contributed by atoms with Gasteiger partial charge in [-0.05, 0) is 17.7 Å². The zero-order valence-corrected chi connectivity index (χ0v) is 12.2. The Morgan fingerprint density at radius 3 is 2.82 bits per heavy atom. The fraction of sp³-hybridized carbons (Fsp3) is 0.333. The maximum absolute atomic E-state index is 11.9. The fourth-order valence-electron chi connectivity index (χ4n) is 1.91. The van der Waals surface area contributed by atoms with Crippen LogP contribution in [0.2, 0.25) is 0 Å². The molecule has 0 bridgehead atoms. The number of hydrogen-bond acceptors (Lipinski definition) is 5. The second-order valence-corrected chi connectivity index (χ2v) is 4.82. The van der Waals surface area contributed by atoms with Crippen LogP contribution in [-0.4, -0.2) is 40.2 Å². The van der Waals surface area contributed by atoms with Crippen molar-refractivity contribution in [2.75, 3.05) is 13.2 Å². The highest BCUT2D eigenvalue weighted by atomic mass is 16.5. The number of benzene rings is 1. The number of carbonyl (C=O) groups excluding carboxylic acids is 1. The summed E-state index contributed by atoms with van der Waals surface area (Å²) in [6.07, 6.45) is 3.62. The number of hydrogen-bond donors (Lipinski definition) is 4. The van der Waals surface area contributed by atoms with Gasteiger partial charge in [0.1, 0.15) is 12.4 Å². The van der Waals surface area contributed by atoms with Gasteiger partial charge in [-0.2, -0.15) is 0 Å². The van der Waals surface area contributed by atoms with Crippen LogP contribution in [0, 0.1) is 0 Å². The largest absolute Gasteiger partial charge is 0.491 e. The summed E-state index contributed by atoms with van der Waals surface area (Å²) in [7, 11) is 0. The van der Waals surface area contributed by atoms with E-state index in [0.29, 0.717) is 18.7 Å². The Balaban J connectivity index is 1.77. The number of imidazole rings is 1. The molecule has 2 aromatic rings. The van der Waals surface area contributed by atoms with Crippen LogP contribution in [0.3, 0.4) is 0 Å². The number of nitrogens with zero attached hydrogens (tertiary/aromatic N) is 1. The maximum Gasteiger partial charge on any atom is 0.237 e. The van der Waals surface area contributed by atoms with E-state index in [1.807, 2.05) is 12.1 Å². The number of amides is 1. The van der Waals surface area contributed by atoms with Crippen molar-refractivity contribution in [3.63, 3.8) is 0 Å². The van der Waals surface area contributed by atoms with Gasteiger partial charge in [-0.1, -0.05) is 12.1 Å². The van der Waals surface area contributed by atoms with E-state index >= 15 is 0 Å². The first kappa shape index (κ1) is 16.0. The number of H-pyrrole nitrogens is 1. The van der Waals surface area contributed by atoms with Gasteiger partial charge in [0.2, 0.25) is 5.91 Å². The lowest BCUT2D eigenvalue weighted by molar-refractivity contribution is -0.122. The molecule has 1 atom stereocenters. The Labute approximate surface area is 128 Å². The topological polar surface area (TPSA) is 113 Å². The number of aliphatic hydroxyl groups is 1. The van der Waals surface area contributed by atoms with Crippen molar-refractivity contribution in [3.8, 4) is 5.75 Å². The molecule has 2 rings (SSSR count). The van der Waals surface area contributed by atoms with Gasteiger partial charge in [0.15, 0.2) is 0 Å². The summed E-state index contributed by atoms with van der Waals surface area (Å²) in [5.41, 5.74) is 7.62. The Hall–Kier alpha value is -2.38. The number of aromatic nitrogens is 2. The van der Waals surface area contributed by atoms with E-state index in [1.165, 1.54) is 0 Å². The molecule has 22 heavy (non-hydrogen) atoms. The number of aromatic amines is 1. The van der Waals surface area contributed by atoms with E-state index in [-0.39, 0.29) is 19.1 Å². The minimum Gasteiger partial charge on any atom is -0.491 e. The smallest absolute Gasteiger partial charge is 0.237 e. The van der Waals surface area contributed by atoms with Crippen LogP contribution in [-0.2, 0) is 17.8 Å². The molecule has 0 aliphatic rings. The summed E-state index contributed by atoms with van der Waals surface area (Å²) >= 11 is 0. The fourth-order valence-corrected chi connectivity index (χ4v) is 1.91. The van der Waals surface area contributed by atoms with Gasteiger partial charge in [0.05, 0.1) is 19.0 Å². The van der Waals surface area contributed by atoms with Gasteiger partial charge < -0.3 is 25.9 Å². The number of aliphatic hydroxyl groups excluding tert-OH is 1. The van der Waals surface area contributed by atoms with Crippen LogP contribution in [0.25, 0.3) is 0 Å². The molecule has 0 radical (unpaired) electrons. The third-order valence-electron chi connectivity index (χ3n) is 3.08. The summed E-state index contributed by atoms with van der Waals surface area (Å²) in [6, 6.07) is 6.68. The molecule has 0 fully saturated rings. The Morgan fingerprint density at radius 1 is 1.41 bits per heavy atom. The van der Waals surface area contributed by atoms with Crippen LogP contribution in [0.4, 0.5) is 0 Å². The van der Waals surface area contributed by atoms with Gasteiger partial charge in [0, 0.05) is 24.9 Å². The highest BCUT2D eigenvalue weighted by molar-refractivity contribution is 5.81. The summed E-state index contributed by atoms with van der Waals surface area (Å²) in [4.78, 5) is 18.7. The summed E-state index contributed by atoms with van der Waals surface area (Å²) < 4.78 is 5.27. The lowest BCUT2D eigenvalue weighted by atomic mass is 10.1. The van der Waals surface area contributed by atoms with Crippen molar-refractivity contribution in [2.24, 2.45) is 5.73 Å². The van der Waals surface area contributed by atoms with Gasteiger partial charge in [-0.15, -0.1) is 0 Å². The molecular weight excluding hydrogens is 284 g/mol. The zero-order valence-electron chi connectivity index (χ0n) is 12.2. The third kappa shape index (κ3) is 4.87. The van der Waals surface area contributed by atoms with Crippen molar-refractivity contribution >= 4 is 5.91 Å². The number of nitrogens with one attached hydrogen (secondary N) is 2. The minimum absolute atomic E-state index is 0.0218. The van der Waals surface area contributed by atoms with Crippen LogP contribution >= 0.6 is 0 Å². The monoisotopic (exact) mass is 304 g/mol. The van der Waals surface area contributed by atoms with Crippen molar-refractivity contribution < 1.29 is 14.6 Å². The van der Waals surface area contributed by atoms with Crippen LogP contribution in [0.15, 0.2) is 36.8 Å². The molecule has 0 saturated carbocycles. The maximum atomic E-state index is 11.9. The lowest BCUT2D eigenvalue weighted by Gasteiger charge is -2.12. The van der Waals surface area contributed by atoms with Crippen LogP contribution in [0.1, 0.15) is 11.3 Å². The predicted molar refractivity (Wildman–Crippen MR) is 81.1 cm³/mol. The average Bonchev–Trinajstić information content (AvgIpc) is 3.04. The molecule has 0 unspecified atom stereocenters. The zero-order chi connectivity index (χ0) is 15.8. The molecule has 0 aliphatic heterocycles. The van der Waals surface area contributed by atoms with Gasteiger partial charge in [-0.3, -0.25) is 4.79 Å². The molecule has 1 amide bonds. The highest BCUT2D eigenvalue weighted by Crippen LogP contribution is 2.11. The van der Waals surface area contributed by atoms with Gasteiger partial charge in [-0.25, -0.2) is 4.98 Å². The highest BCUT2D eigenvalue weighted by Gasteiger charge is 2.14. The van der Waals surface area contributed by atoms with Gasteiger partial charge >= 0.3 is 0 Å². The molecule has 0 aliphatic carbocycles. The summed E-state index contributed by atoms with van der Waals surface area (Å²) in [6.45, 7) is 0.639. The van der Waals surface area contributed by atoms with E-state index in [0.717, 1.165) is 11.3 Å². The third-order valence-corrected chi connectivity index (χ3v) is 3.08. The molecule has 1 heterocycles. The average molecular weight is 304 g/mol. The molecular formula is C15H20N4O3. The second kappa shape index (κ2) is 8.16. The summed E-state index contributed by atoms with van der Waals surface area (Å²) in [5, 5.41) is 11.5. The standard InChI is InChI=1S/C15H20N4O3/c16-14(7-12-9-17-10-19-12)15(21)18-8-11-1-3-13(4-2-11)22-6-5-20/h1-4,9-10,14,20H,5-8,16H2,(H,17,19)(H,18,21)/t14-/m0/s1. The molecule has 0 saturated heterocycles. The number of ether oxygens (including phenoxy) is 1. The minimum atomic E-state index is -0.618. The van der Waals surface area contributed by atoms with E-state index < -0.39 is 6.04 Å². The second-order valence-electron chi connectivity index (χ2n) is 4.82. The quantitative estimate of drug-likeness (QED) is 0.547. The predicted octanol–water partition coefficient (Wildman–Crippen LogP) is -0.0330. The molecule has 5 N–H and O–H groups in total. The first-order valence-electron chi connectivity index (χ1n) is 7.02. The Morgan fingerprint density at radius 2 is 2.18 bits per heavy atom. The van der Waals surface area contributed by atoms with Crippen LogP contribution in [0.5, 0.6) is 5.75 Å². The molecule has 1 aromatic carbocycles.